The lowest BCUT2D eigenvalue weighted by molar-refractivity contribution is -0.122. The van der Waals surface area contributed by atoms with Gasteiger partial charge in [0, 0.05) is 10.6 Å². The maximum absolute atomic E-state index is 12.6. The van der Waals surface area contributed by atoms with Crippen molar-refractivity contribution in [1.29, 1.82) is 0 Å². The number of nitrogens with one attached hydrogen (secondary N) is 2. The van der Waals surface area contributed by atoms with Crippen LogP contribution in [0.1, 0.15) is 47.3 Å². The number of fused-ring (bicyclic) bond motifs is 1. The molecule has 2 amide bonds. The summed E-state index contributed by atoms with van der Waals surface area (Å²) in [6, 6.07) is 7.24. The monoisotopic (exact) mass is 358 g/mol. The molecule has 25 heavy (non-hydrogen) atoms. The van der Waals surface area contributed by atoms with Crippen LogP contribution in [0.15, 0.2) is 24.3 Å². The van der Waals surface area contributed by atoms with Crippen LogP contribution in [0.25, 0.3) is 0 Å². The van der Waals surface area contributed by atoms with Gasteiger partial charge in [0.2, 0.25) is 0 Å². The Morgan fingerprint density at radius 3 is 2.84 bits per heavy atom. The normalized spacial score (nSPS) is 16.0. The lowest BCUT2D eigenvalue weighted by atomic mass is 10.1. The second-order valence-electron chi connectivity index (χ2n) is 6.08. The van der Waals surface area contributed by atoms with E-state index in [4.69, 9.17) is 4.74 Å². The van der Waals surface area contributed by atoms with Gasteiger partial charge in [-0.15, -0.1) is 11.3 Å². The Kier molecular flexibility index (Phi) is 5.08. The summed E-state index contributed by atoms with van der Waals surface area (Å²) in [6.45, 7) is 5.95. The highest BCUT2D eigenvalue weighted by molar-refractivity contribution is 7.14. The molecule has 0 spiro atoms. The van der Waals surface area contributed by atoms with Crippen LogP contribution in [0.4, 0.5) is 11.4 Å². The Bertz CT molecular complexity index is 813. The Morgan fingerprint density at radius 1 is 1.32 bits per heavy atom. The second kappa shape index (κ2) is 7.27. The zero-order chi connectivity index (χ0) is 18.0. The molecule has 0 bridgehead atoms. The highest BCUT2D eigenvalue weighted by Gasteiger charge is 2.24. The number of thiophene rings is 1. The Balaban J connectivity index is 1.77. The van der Waals surface area contributed by atoms with Crippen molar-refractivity contribution in [2.24, 2.45) is 0 Å². The third kappa shape index (κ3) is 3.69. The molecular formula is C19H22N2O3S. The number of ether oxygens (including phenoxy) is 1. The first-order chi connectivity index (χ1) is 12.0. The van der Waals surface area contributed by atoms with Crippen molar-refractivity contribution in [3.8, 4) is 5.75 Å². The second-order valence-corrected chi connectivity index (χ2v) is 7.21. The molecule has 1 aliphatic rings. The summed E-state index contributed by atoms with van der Waals surface area (Å²) >= 11 is 1.56. The van der Waals surface area contributed by atoms with Gasteiger partial charge in [0.05, 0.1) is 10.6 Å². The van der Waals surface area contributed by atoms with E-state index in [1.165, 1.54) is 10.4 Å². The van der Waals surface area contributed by atoms with Crippen LogP contribution in [-0.4, -0.2) is 17.9 Å². The minimum atomic E-state index is -0.511. The van der Waals surface area contributed by atoms with Crippen molar-refractivity contribution in [3.05, 3.63) is 39.6 Å². The first-order valence-corrected chi connectivity index (χ1v) is 9.38. The predicted molar refractivity (Wildman–Crippen MR) is 101 cm³/mol. The number of benzene rings is 1. The minimum absolute atomic E-state index is 0.126. The molecule has 5 nitrogen and oxygen atoms in total. The van der Waals surface area contributed by atoms with Crippen molar-refractivity contribution in [2.75, 3.05) is 10.6 Å². The van der Waals surface area contributed by atoms with Gasteiger partial charge < -0.3 is 15.4 Å². The van der Waals surface area contributed by atoms with Gasteiger partial charge in [-0.25, -0.2) is 0 Å². The molecule has 1 atom stereocenters. The third-order valence-electron chi connectivity index (χ3n) is 4.15. The lowest BCUT2D eigenvalue weighted by Gasteiger charge is -2.23. The average molecular weight is 358 g/mol. The van der Waals surface area contributed by atoms with Crippen molar-refractivity contribution >= 4 is 34.5 Å². The zero-order valence-corrected chi connectivity index (χ0v) is 15.5. The van der Waals surface area contributed by atoms with E-state index >= 15 is 0 Å². The Labute approximate surface area is 151 Å². The fourth-order valence-corrected chi connectivity index (χ4v) is 4.05. The molecule has 1 aromatic heterocycles. The maximum atomic E-state index is 12.6. The fraction of sp³-hybridized carbons (Fsp3) is 0.368. The summed E-state index contributed by atoms with van der Waals surface area (Å²) in [5, 5.41) is 5.70. The number of amides is 2. The molecule has 0 aliphatic carbocycles. The molecular weight excluding hydrogens is 336 g/mol. The van der Waals surface area contributed by atoms with Gasteiger partial charge in [-0.1, -0.05) is 20.3 Å². The van der Waals surface area contributed by atoms with Gasteiger partial charge in [-0.05, 0) is 49.6 Å². The first kappa shape index (κ1) is 17.5. The van der Waals surface area contributed by atoms with Crippen molar-refractivity contribution in [2.45, 2.75) is 46.1 Å². The summed E-state index contributed by atoms with van der Waals surface area (Å²) in [5.74, 6) is 0.296. The van der Waals surface area contributed by atoms with E-state index in [0.29, 0.717) is 22.0 Å². The minimum Gasteiger partial charge on any atom is -0.479 e. The largest absolute Gasteiger partial charge is 0.479 e. The standard InChI is InChI=1S/C19H22N2O3S/c1-4-6-16-12(5-2)9-17(25-16)19(23)20-13-7-8-15-14(10-13)21-18(22)11(3)24-15/h7-11H,4-6H2,1-3H3,(H,20,23)(H,21,22)/t11-/m0/s1. The fourth-order valence-electron chi connectivity index (χ4n) is 2.80. The highest BCUT2D eigenvalue weighted by Crippen LogP contribution is 2.32. The molecule has 0 radical (unpaired) electrons. The molecule has 2 aromatic rings. The molecule has 0 saturated carbocycles. The molecule has 2 N–H and O–H groups in total. The van der Waals surface area contributed by atoms with Crippen LogP contribution in [-0.2, 0) is 17.6 Å². The van der Waals surface area contributed by atoms with Gasteiger partial charge in [0.15, 0.2) is 6.10 Å². The van der Waals surface area contributed by atoms with Crippen LogP contribution < -0.4 is 15.4 Å². The molecule has 3 rings (SSSR count). The smallest absolute Gasteiger partial charge is 0.265 e. The number of rotatable bonds is 5. The van der Waals surface area contributed by atoms with Gasteiger partial charge in [0.1, 0.15) is 5.75 Å². The zero-order valence-electron chi connectivity index (χ0n) is 14.6. The molecule has 0 unspecified atom stereocenters. The van der Waals surface area contributed by atoms with Crippen LogP contribution in [0.5, 0.6) is 5.75 Å². The molecule has 0 fully saturated rings. The highest BCUT2D eigenvalue weighted by atomic mass is 32.1. The predicted octanol–water partition coefficient (Wildman–Crippen LogP) is 4.23. The summed E-state index contributed by atoms with van der Waals surface area (Å²) in [4.78, 5) is 26.3. The van der Waals surface area contributed by atoms with Crippen molar-refractivity contribution in [3.63, 3.8) is 0 Å². The summed E-state index contributed by atoms with van der Waals surface area (Å²) < 4.78 is 5.53. The van der Waals surface area contributed by atoms with E-state index in [-0.39, 0.29) is 11.8 Å². The summed E-state index contributed by atoms with van der Waals surface area (Å²) in [7, 11) is 0. The number of carbonyl (C=O) groups excluding carboxylic acids is 2. The lowest BCUT2D eigenvalue weighted by Crippen LogP contribution is -2.34. The van der Waals surface area contributed by atoms with Gasteiger partial charge in [-0.2, -0.15) is 0 Å². The topological polar surface area (TPSA) is 67.4 Å². The van der Waals surface area contributed by atoms with Crippen molar-refractivity contribution < 1.29 is 14.3 Å². The SMILES string of the molecule is CCCc1sc(C(=O)Nc2ccc3c(c2)NC(=O)[C@H](C)O3)cc1CC. The molecule has 0 saturated heterocycles. The third-order valence-corrected chi connectivity index (χ3v) is 5.38. The van der Waals surface area contributed by atoms with E-state index < -0.39 is 6.10 Å². The van der Waals surface area contributed by atoms with E-state index in [1.54, 1.807) is 36.5 Å². The Morgan fingerprint density at radius 2 is 2.12 bits per heavy atom. The van der Waals surface area contributed by atoms with E-state index in [0.717, 1.165) is 19.3 Å². The number of hydrogen-bond acceptors (Lipinski definition) is 4. The molecule has 2 heterocycles. The summed E-state index contributed by atoms with van der Waals surface area (Å²) in [6.07, 6.45) is 2.49. The maximum Gasteiger partial charge on any atom is 0.265 e. The summed E-state index contributed by atoms with van der Waals surface area (Å²) in [5.41, 5.74) is 2.45. The quantitative estimate of drug-likeness (QED) is 0.840. The first-order valence-electron chi connectivity index (χ1n) is 8.56. The molecule has 1 aliphatic heterocycles. The number of carbonyl (C=O) groups is 2. The van der Waals surface area contributed by atoms with E-state index in [9.17, 15) is 9.59 Å². The van der Waals surface area contributed by atoms with E-state index in [1.807, 2.05) is 6.07 Å². The van der Waals surface area contributed by atoms with E-state index in [2.05, 4.69) is 24.5 Å². The molecule has 1 aromatic carbocycles. The number of hydrogen-bond donors (Lipinski definition) is 2. The molecule has 132 valence electrons. The van der Waals surface area contributed by atoms with Crippen LogP contribution in [0.3, 0.4) is 0 Å². The van der Waals surface area contributed by atoms with Crippen LogP contribution in [0.2, 0.25) is 0 Å². The van der Waals surface area contributed by atoms with Crippen molar-refractivity contribution in [1.82, 2.24) is 0 Å². The van der Waals surface area contributed by atoms with Crippen LogP contribution in [0, 0.1) is 0 Å². The number of aryl methyl sites for hydroxylation is 2. The van der Waals surface area contributed by atoms with Gasteiger partial charge in [-0.3, -0.25) is 9.59 Å². The van der Waals surface area contributed by atoms with Gasteiger partial charge in [0.25, 0.3) is 11.8 Å². The number of anilines is 2. The Hall–Kier alpha value is -2.34. The molecule has 6 heteroatoms. The van der Waals surface area contributed by atoms with Gasteiger partial charge >= 0.3 is 0 Å². The average Bonchev–Trinajstić information content (AvgIpc) is 3.00. The van der Waals surface area contributed by atoms with Crippen LogP contribution >= 0.6 is 11.3 Å².